The van der Waals surface area contributed by atoms with Crippen LogP contribution in [0.3, 0.4) is 0 Å². The first kappa shape index (κ1) is 19.3. The summed E-state index contributed by atoms with van der Waals surface area (Å²) in [6.45, 7) is 2.54. The molecule has 0 bridgehead atoms. The number of carbonyl (C=O) groups excluding carboxylic acids is 1. The number of hydrogen-bond acceptors (Lipinski definition) is 4. The van der Waals surface area contributed by atoms with E-state index in [1.807, 2.05) is 11.9 Å². The van der Waals surface area contributed by atoms with Crippen molar-refractivity contribution in [3.8, 4) is 5.69 Å². The molecule has 6 nitrogen and oxygen atoms in total. The fourth-order valence-electron chi connectivity index (χ4n) is 3.00. The van der Waals surface area contributed by atoms with E-state index < -0.39 is 0 Å². The zero-order valence-electron chi connectivity index (χ0n) is 14.2. The first-order chi connectivity index (χ1) is 11.7. The van der Waals surface area contributed by atoms with Crippen LogP contribution in [0.4, 0.5) is 4.39 Å². The normalized spacial score (nSPS) is 15.0. The van der Waals surface area contributed by atoms with Crippen LogP contribution in [0.15, 0.2) is 30.5 Å². The molecule has 2 aromatic rings. The highest BCUT2D eigenvalue weighted by atomic mass is 35.5. The number of benzene rings is 1. The third-order valence-electron chi connectivity index (χ3n) is 4.47. The second kappa shape index (κ2) is 8.92. The Morgan fingerprint density at radius 1 is 1.28 bits per heavy atom. The molecule has 1 aromatic heterocycles. The van der Waals surface area contributed by atoms with Gasteiger partial charge in [0, 0.05) is 13.1 Å². The van der Waals surface area contributed by atoms with E-state index in [0.717, 1.165) is 38.9 Å². The summed E-state index contributed by atoms with van der Waals surface area (Å²) in [5, 5.41) is 11.5. The van der Waals surface area contributed by atoms with Gasteiger partial charge in [-0.3, -0.25) is 4.79 Å². The van der Waals surface area contributed by atoms with Crippen molar-refractivity contribution in [3.63, 3.8) is 0 Å². The lowest BCUT2D eigenvalue weighted by molar-refractivity contribution is 0.0680. The average molecular weight is 368 g/mol. The molecule has 1 amide bonds. The average Bonchev–Trinajstić information content (AvgIpc) is 3.10. The molecule has 1 aromatic carbocycles. The van der Waals surface area contributed by atoms with Gasteiger partial charge in [-0.2, -0.15) is 9.90 Å². The highest BCUT2D eigenvalue weighted by Gasteiger charge is 2.25. The van der Waals surface area contributed by atoms with E-state index in [9.17, 15) is 9.18 Å². The maximum absolute atomic E-state index is 13.0. The predicted octanol–water partition coefficient (Wildman–Crippen LogP) is 2.29. The van der Waals surface area contributed by atoms with Crippen LogP contribution in [0.2, 0.25) is 0 Å². The summed E-state index contributed by atoms with van der Waals surface area (Å²) in [5.74, 6) is 0.273. The quantitative estimate of drug-likeness (QED) is 0.880. The molecule has 0 atom stereocenters. The molecule has 0 unspecified atom stereocenters. The Morgan fingerprint density at radius 3 is 2.60 bits per heavy atom. The van der Waals surface area contributed by atoms with E-state index in [0.29, 0.717) is 17.3 Å². The fraction of sp³-hybridized carbons (Fsp3) is 0.471. The summed E-state index contributed by atoms with van der Waals surface area (Å²) < 4.78 is 13.0. The highest BCUT2D eigenvalue weighted by Crippen LogP contribution is 2.21. The number of rotatable bonds is 5. The molecule has 136 valence electrons. The number of halogens is 2. The first-order valence-corrected chi connectivity index (χ1v) is 8.29. The van der Waals surface area contributed by atoms with Gasteiger partial charge in [-0.1, -0.05) is 0 Å². The zero-order chi connectivity index (χ0) is 16.9. The Bertz CT molecular complexity index is 683. The molecular formula is C17H23ClFN5O. The molecule has 1 aliphatic rings. The van der Waals surface area contributed by atoms with Crippen LogP contribution in [0.25, 0.3) is 5.69 Å². The van der Waals surface area contributed by atoms with Gasteiger partial charge in [-0.15, -0.1) is 17.5 Å². The molecule has 0 aliphatic carbocycles. The summed E-state index contributed by atoms with van der Waals surface area (Å²) in [4.78, 5) is 15.8. The second-order valence-electron chi connectivity index (χ2n) is 6.12. The molecule has 1 N–H and O–H groups in total. The van der Waals surface area contributed by atoms with Crippen molar-refractivity contribution < 1.29 is 9.18 Å². The van der Waals surface area contributed by atoms with Gasteiger partial charge in [0.15, 0.2) is 5.69 Å². The van der Waals surface area contributed by atoms with Gasteiger partial charge in [0.25, 0.3) is 5.91 Å². The van der Waals surface area contributed by atoms with E-state index in [2.05, 4.69) is 15.5 Å². The number of hydrogen-bond donors (Lipinski definition) is 1. The van der Waals surface area contributed by atoms with Crippen molar-refractivity contribution in [3.05, 3.63) is 42.0 Å². The summed E-state index contributed by atoms with van der Waals surface area (Å²) in [6, 6.07) is 5.85. The van der Waals surface area contributed by atoms with Crippen LogP contribution in [0, 0.1) is 11.7 Å². The summed E-state index contributed by atoms with van der Waals surface area (Å²) >= 11 is 0. The van der Waals surface area contributed by atoms with E-state index >= 15 is 0 Å². The van der Waals surface area contributed by atoms with Crippen LogP contribution >= 0.6 is 12.4 Å². The molecule has 25 heavy (non-hydrogen) atoms. The van der Waals surface area contributed by atoms with Gasteiger partial charge >= 0.3 is 0 Å². The standard InChI is InChI=1S/C17H22FN5O.ClH/c1-19-9-6-13-7-10-22(11-8-13)17(24)16-12-20-23(21-16)15-4-2-14(18)3-5-15;/h2-5,12-13,19H,6-11H2,1H3;1H. The lowest BCUT2D eigenvalue weighted by atomic mass is 9.93. The first-order valence-electron chi connectivity index (χ1n) is 8.29. The second-order valence-corrected chi connectivity index (χ2v) is 6.12. The van der Waals surface area contributed by atoms with Crippen LogP contribution in [0.5, 0.6) is 0 Å². The van der Waals surface area contributed by atoms with E-state index in [1.165, 1.54) is 23.1 Å². The molecule has 2 heterocycles. The molecule has 1 aliphatic heterocycles. The minimum Gasteiger partial charge on any atom is -0.337 e. The topological polar surface area (TPSA) is 63.1 Å². The lowest BCUT2D eigenvalue weighted by Gasteiger charge is -2.31. The number of nitrogens with one attached hydrogen (secondary N) is 1. The molecule has 1 saturated heterocycles. The highest BCUT2D eigenvalue weighted by molar-refractivity contribution is 5.92. The molecule has 0 radical (unpaired) electrons. The monoisotopic (exact) mass is 367 g/mol. The Labute approximate surface area is 152 Å². The number of nitrogens with zero attached hydrogens (tertiary/aromatic N) is 4. The summed E-state index contributed by atoms with van der Waals surface area (Å²) in [5.41, 5.74) is 0.953. The lowest BCUT2D eigenvalue weighted by Crippen LogP contribution is -2.39. The van der Waals surface area contributed by atoms with E-state index in [-0.39, 0.29) is 24.1 Å². The summed E-state index contributed by atoms with van der Waals surface area (Å²) in [7, 11) is 1.96. The van der Waals surface area contributed by atoms with Crippen molar-refractivity contribution in [2.24, 2.45) is 5.92 Å². The molecule has 8 heteroatoms. The van der Waals surface area contributed by atoms with Crippen LogP contribution < -0.4 is 5.32 Å². The number of carbonyl (C=O) groups is 1. The Balaban J connectivity index is 0.00000225. The minimum atomic E-state index is -0.316. The van der Waals surface area contributed by atoms with Gasteiger partial charge in [0.2, 0.25) is 0 Å². The van der Waals surface area contributed by atoms with Gasteiger partial charge < -0.3 is 10.2 Å². The SMILES string of the molecule is CNCCC1CCN(C(=O)c2cnn(-c3ccc(F)cc3)n2)CC1.Cl. The number of amides is 1. The third kappa shape index (κ3) is 4.76. The number of likely N-dealkylation sites (tertiary alicyclic amines) is 1. The third-order valence-corrected chi connectivity index (χ3v) is 4.47. The molecule has 0 saturated carbocycles. The van der Waals surface area contributed by atoms with Crippen molar-refractivity contribution in [2.45, 2.75) is 19.3 Å². The van der Waals surface area contributed by atoms with Crippen molar-refractivity contribution in [2.75, 3.05) is 26.7 Å². The van der Waals surface area contributed by atoms with E-state index in [4.69, 9.17) is 0 Å². The fourth-order valence-corrected chi connectivity index (χ4v) is 3.00. The van der Waals surface area contributed by atoms with Crippen molar-refractivity contribution >= 4 is 18.3 Å². The molecule has 0 spiro atoms. The Hall–Kier alpha value is -1.99. The minimum absolute atomic E-state index is 0. The van der Waals surface area contributed by atoms with Crippen LogP contribution in [-0.2, 0) is 0 Å². The van der Waals surface area contributed by atoms with Crippen LogP contribution in [0.1, 0.15) is 29.8 Å². The molecular weight excluding hydrogens is 345 g/mol. The van der Waals surface area contributed by atoms with Gasteiger partial charge in [-0.05, 0) is 63.0 Å². The van der Waals surface area contributed by atoms with Crippen LogP contribution in [-0.4, -0.2) is 52.5 Å². The largest absolute Gasteiger partial charge is 0.337 e. The Kier molecular flexibility index (Phi) is 6.90. The smallest absolute Gasteiger partial charge is 0.276 e. The number of piperidine rings is 1. The Morgan fingerprint density at radius 2 is 1.96 bits per heavy atom. The molecule has 1 fully saturated rings. The predicted molar refractivity (Wildman–Crippen MR) is 95.7 cm³/mol. The number of aromatic nitrogens is 3. The maximum Gasteiger partial charge on any atom is 0.276 e. The van der Waals surface area contributed by atoms with Gasteiger partial charge in [-0.25, -0.2) is 4.39 Å². The van der Waals surface area contributed by atoms with Crippen molar-refractivity contribution in [1.82, 2.24) is 25.2 Å². The maximum atomic E-state index is 13.0. The van der Waals surface area contributed by atoms with Gasteiger partial charge in [0.1, 0.15) is 5.82 Å². The zero-order valence-corrected chi connectivity index (χ0v) is 15.0. The van der Waals surface area contributed by atoms with Crippen molar-refractivity contribution in [1.29, 1.82) is 0 Å². The van der Waals surface area contributed by atoms with E-state index in [1.54, 1.807) is 12.1 Å². The van der Waals surface area contributed by atoms with Gasteiger partial charge in [0.05, 0.1) is 11.9 Å². The summed E-state index contributed by atoms with van der Waals surface area (Å²) in [6.07, 6.45) is 4.68. The molecule has 3 rings (SSSR count).